The van der Waals surface area contributed by atoms with Crippen LogP contribution in [0.5, 0.6) is 0 Å². The first kappa shape index (κ1) is 11.0. The molecular weight excluding hydrogens is 204 g/mol. The summed E-state index contributed by atoms with van der Waals surface area (Å²) < 4.78 is 5.56. The molecule has 92 valence electrons. The van der Waals surface area contributed by atoms with E-state index in [1.165, 1.54) is 0 Å². The molecule has 3 nitrogen and oxygen atoms in total. The Morgan fingerprint density at radius 1 is 1.44 bits per heavy atom. The number of ether oxygens (including phenoxy) is 1. The number of hydrogen-bond donors (Lipinski definition) is 2. The molecule has 0 saturated heterocycles. The quantitative estimate of drug-likeness (QED) is 0.756. The summed E-state index contributed by atoms with van der Waals surface area (Å²) in [5, 5.41) is 20.5. The standard InChI is InChI=1S/C13H22O3/c1-4-13(15)5-7-8(6(2)14)10-9(7)11(13)12(10)16-3/h6-12,14-15H,4-5H2,1-3H3. The first-order valence-corrected chi connectivity index (χ1v) is 6.48. The summed E-state index contributed by atoms with van der Waals surface area (Å²) in [6.07, 6.45) is 1.59. The minimum absolute atomic E-state index is 0.174. The van der Waals surface area contributed by atoms with E-state index in [4.69, 9.17) is 4.74 Å². The smallest absolute Gasteiger partial charge is 0.0703 e. The van der Waals surface area contributed by atoms with Crippen molar-refractivity contribution in [3.05, 3.63) is 0 Å². The first-order chi connectivity index (χ1) is 7.55. The van der Waals surface area contributed by atoms with E-state index in [1.54, 1.807) is 7.11 Å². The minimum Gasteiger partial charge on any atom is -0.393 e. The molecule has 0 aromatic heterocycles. The number of aliphatic hydroxyl groups excluding tert-OH is 1. The van der Waals surface area contributed by atoms with Gasteiger partial charge in [0.1, 0.15) is 0 Å². The van der Waals surface area contributed by atoms with Gasteiger partial charge in [-0.25, -0.2) is 0 Å². The monoisotopic (exact) mass is 226 g/mol. The molecule has 3 heteroatoms. The van der Waals surface area contributed by atoms with Crippen LogP contribution >= 0.6 is 0 Å². The molecule has 0 bridgehead atoms. The van der Waals surface area contributed by atoms with E-state index in [9.17, 15) is 10.2 Å². The van der Waals surface area contributed by atoms with Crippen LogP contribution < -0.4 is 0 Å². The summed E-state index contributed by atoms with van der Waals surface area (Å²) in [4.78, 5) is 0. The lowest BCUT2D eigenvalue weighted by Gasteiger charge is -2.64. The van der Waals surface area contributed by atoms with Crippen LogP contribution in [-0.4, -0.2) is 35.1 Å². The molecule has 8 unspecified atom stereocenters. The molecule has 0 aromatic rings. The van der Waals surface area contributed by atoms with E-state index in [-0.39, 0.29) is 12.2 Å². The van der Waals surface area contributed by atoms with Gasteiger partial charge in [0, 0.05) is 13.0 Å². The van der Waals surface area contributed by atoms with Crippen LogP contribution in [0.1, 0.15) is 26.7 Å². The largest absolute Gasteiger partial charge is 0.393 e. The summed E-state index contributed by atoms with van der Waals surface area (Å²) in [7, 11) is 1.74. The maximum Gasteiger partial charge on any atom is 0.0703 e. The Kier molecular flexibility index (Phi) is 2.21. The maximum absolute atomic E-state index is 10.6. The van der Waals surface area contributed by atoms with E-state index in [2.05, 4.69) is 6.92 Å². The van der Waals surface area contributed by atoms with Crippen molar-refractivity contribution in [3.63, 3.8) is 0 Å². The molecule has 0 spiro atoms. The maximum atomic E-state index is 10.6. The second-order valence-electron chi connectivity index (χ2n) is 6.02. The van der Waals surface area contributed by atoms with Gasteiger partial charge < -0.3 is 14.9 Å². The second kappa shape index (κ2) is 3.21. The van der Waals surface area contributed by atoms with Crippen LogP contribution in [0.3, 0.4) is 0 Å². The van der Waals surface area contributed by atoms with E-state index in [0.717, 1.165) is 12.8 Å². The number of aliphatic hydroxyl groups is 2. The highest BCUT2D eigenvalue weighted by Crippen LogP contribution is 2.73. The molecular formula is C13H22O3. The van der Waals surface area contributed by atoms with Gasteiger partial charge in [-0.15, -0.1) is 0 Å². The predicted octanol–water partition coefficient (Wildman–Crippen LogP) is 1.04. The van der Waals surface area contributed by atoms with Gasteiger partial charge in [0.15, 0.2) is 0 Å². The zero-order valence-corrected chi connectivity index (χ0v) is 10.3. The lowest BCUT2D eigenvalue weighted by Crippen LogP contribution is -2.68. The first-order valence-electron chi connectivity index (χ1n) is 6.48. The van der Waals surface area contributed by atoms with E-state index < -0.39 is 5.60 Å². The Labute approximate surface area is 96.8 Å². The molecule has 3 aliphatic carbocycles. The third-order valence-corrected chi connectivity index (χ3v) is 5.68. The molecule has 3 aliphatic rings. The lowest BCUT2D eigenvalue weighted by molar-refractivity contribution is -0.257. The molecule has 0 amide bonds. The topological polar surface area (TPSA) is 49.7 Å². The number of methoxy groups -OCH3 is 1. The van der Waals surface area contributed by atoms with Gasteiger partial charge in [-0.1, -0.05) is 6.92 Å². The molecule has 0 heterocycles. The average molecular weight is 226 g/mol. The normalized spacial score (nSPS) is 59.8. The molecule has 0 radical (unpaired) electrons. The van der Waals surface area contributed by atoms with E-state index in [0.29, 0.717) is 29.6 Å². The Morgan fingerprint density at radius 2 is 2.12 bits per heavy atom. The van der Waals surface area contributed by atoms with Crippen LogP contribution in [0.25, 0.3) is 0 Å². The third kappa shape index (κ3) is 1.00. The fraction of sp³-hybridized carbons (Fsp3) is 1.00. The third-order valence-electron chi connectivity index (χ3n) is 5.68. The van der Waals surface area contributed by atoms with Gasteiger partial charge in [-0.3, -0.25) is 0 Å². The zero-order valence-electron chi connectivity index (χ0n) is 10.3. The van der Waals surface area contributed by atoms with Crippen LogP contribution in [0.15, 0.2) is 0 Å². The number of rotatable bonds is 3. The molecule has 0 aliphatic heterocycles. The molecule has 2 N–H and O–H groups in total. The van der Waals surface area contributed by atoms with Crippen molar-refractivity contribution >= 4 is 0 Å². The van der Waals surface area contributed by atoms with Crippen LogP contribution in [0.4, 0.5) is 0 Å². The molecule has 16 heavy (non-hydrogen) atoms. The summed E-state index contributed by atoms with van der Waals surface area (Å²) >= 11 is 0. The molecule has 3 rings (SSSR count). The molecule has 0 aromatic carbocycles. The van der Waals surface area contributed by atoms with Crippen molar-refractivity contribution < 1.29 is 14.9 Å². The highest BCUT2D eigenvalue weighted by molar-refractivity contribution is 5.24. The van der Waals surface area contributed by atoms with Crippen molar-refractivity contribution in [3.8, 4) is 0 Å². The van der Waals surface area contributed by atoms with Crippen molar-refractivity contribution in [2.24, 2.45) is 29.6 Å². The highest BCUT2D eigenvalue weighted by Gasteiger charge is 2.76. The van der Waals surface area contributed by atoms with Crippen molar-refractivity contribution in [2.75, 3.05) is 7.11 Å². The van der Waals surface area contributed by atoms with Crippen molar-refractivity contribution in [2.45, 2.75) is 44.5 Å². The van der Waals surface area contributed by atoms with Gasteiger partial charge in [0.25, 0.3) is 0 Å². The lowest BCUT2D eigenvalue weighted by atomic mass is 9.43. The fourth-order valence-corrected chi connectivity index (χ4v) is 5.04. The SMILES string of the molecule is CCC1(O)CC2C(C(C)O)C3C(OC)C1C23. The highest BCUT2D eigenvalue weighted by atomic mass is 16.5. The Hall–Kier alpha value is -0.120. The fourth-order valence-electron chi connectivity index (χ4n) is 5.04. The molecule has 3 saturated carbocycles. The molecule has 8 atom stereocenters. The van der Waals surface area contributed by atoms with Gasteiger partial charge >= 0.3 is 0 Å². The van der Waals surface area contributed by atoms with Crippen molar-refractivity contribution in [1.82, 2.24) is 0 Å². The van der Waals surface area contributed by atoms with Gasteiger partial charge in [-0.2, -0.15) is 0 Å². The van der Waals surface area contributed by atoms with Crippen molar-refractivity contribution in [1.29, 1.82) is 0 Å². The summed E-state index contributed by atoms with van der Waals surface area (Å²) in [6.45, 7) is 3.94. The predicted molar refractivity (Wildman–Crippen MR) is 59.8 cm³/mol. The minimum atomic E-state index is -0.532. The average Bonchev–Trinajstić information content (AvgIpc) is 2.34. The Morgan fingerprint density at radius 3 is 2.62 bits per heavy atom. The van der Waals surface area contributed by atoms with Gasteiger partial charge in [0.05, 0.1) is 17.8 Å². The van der Waals surface area contributed by atoms with E-state index >= 15 is 0 Å². The van der Waals surface area contributed by atoms with Gasteiger partial charge in [-0.05, 0) is 43.4 Å². The summed E-state index contributed by atoms with van der Waals surface area (Å²) in [5.74, 6) is 2.33. The van der Waals surface area contributed by atoms with Gasteiger partial charge in [0.2, 0.25) is 0 Å². The Bertz CT molecular complexity index is 298. The van der Waals surface area contributed by atoms with Crippen LogP contribution in [-0.2, 0) is 4.74 Å². The van der Waals surface area contributed by atoms with Crippen LogP contribution in [0, 0.1) is 29.6 Å². The van der Waals surface area contributed by atoms with E-state index in [1.807, 2.05) is 6.92 Å². The summed E-state index contributed by atoms with van der Waals surface area (Å²) in [6, 6.07) is 0. The summed E-state index contributed by atoms with van der Waals surface area (Å²) in [5.41, 5.74) is -0.532. The Balaban J connectivity index is 1.88. The molecule has 3 fully saturated rings. The van der Waals surface area contributed by atoms with Crippen LogP contribution in [0.2, 0.25) is 0 Å². The zero-order chi connectivity index (χ0) is 11.7. The number of hydrogen-bond acceptors (Lipinski definition) is 3. The second-order valence-corrected chi connectivity index (χ2v) is 6.02.